The van der Waals surface area contributed by atoms with Gasteiger partial charge in [-0.1, -0.05) is 12.1 Å². The van der Waals surface area contributed by atoms with Crippen molar-refractivity contribution in [2.75, 3.05) is 32.7 Å². The molecule has 0 spiro atoms. The Bertz CT molecular complexity index is 419. The summed E-state index contributed by atoms with van der Waals surface area (Å²) in [5.74, 6) is 0.782. The topological polar surface area (TPSA) is 52.7 Å². The normalized spacial score (nSPS) is 32.4. The van der Waals surface area contributed by atoms with Crippen LogP contribution in [0.3, 0.4) is 0 Å². The molecule has 1 N–H and O–H groups in total. The number of hydrogen-bond donors (Lipinski definition) is 1. The average molecular weight is 293 g/mol. The van der Waals surface area contributed by atoms with Gasteiger partial charge in [0, 0.05) is 45.3 Å². The third-order valence-electron chi connectivity index (χ3n) is 5.06. The van der Waals surface area contributed by atoms with E-state index in [-0.39, 0.29) is 0 Å². The van der Waals surface area contributed by atoms with Gasteiger partial charge in [0.1, 0.15) is 6.26 Å². The van der Waals surface area contributed by atoms with E-state index in [1.807, 2.05) is 6.07 Å². The van der Waals surface area contributed by atoms with Crippen LogP contribution in [-0.4, -0.2) is 58.4 Å². The van der Waals surface area contributed by atoms with Gasteiger partial charge in [-0.25, -0.2) is 0 Å². The van der Waals surface area contributed by atoms with Crippen molar-refractivity contribution in [3.8, 4) is 0 Å². The molecule has 1 aromatic heterocycles. The minimum Gasteiger partial charge on any atom is -0.389 e. The first-order chi connectivity index (χ1) is 10.1. The molecule has 21 heavy (non-hydrogen) atoms. The first-order valence-electron chi connectivity index (χ1n) is 8.19. The maximum atomic E-state index is 10.7. The fourth-order valence-electron chi connectivity index (χ4n) is 3.53. The highest BCUT2D eigenvalue weighted by atomic mass is 16.5. The van der Waals surface area contributed by atoms with Crippen LogP contribution in [0, 0.1) is 5.92 Å². The first kappa shape index (κ1) is 15.0. The van der Waals surface area contributed by atoms with Crippen molar-refractivity contribution in [2.45, 2.75) is 44.8 Å². The molecule has 1 aliphatic carbocycles. The Morgan fingerprint density at radius 2 is 1.90 bits per heavy atom. The van der Waals surface area contributed by atoms with Gasteiger partial charge in [0.2, 0.25) is 0 Å². The van der Waals surface area contributed by atoms with Gasteiger partial charge < -0.3 is 9.63 Å². The molecule has 5 heteroatoms. The van der Waals surface area contributed by atoms with E-state index >= 15 is 0 Å². The highest BCUT2D eigenvalue weighted by molar-refractivity contribution is 4.96. The second kappa shape index (κ2) is 6.46. The Morgan fingerprint density at radius 3 is 2.52 bits per heavy atom. The molecule has 1 saturated carbocycles. The van der Waals surface area contributed by atoms with Gasteiger partial charge in [0.05, 0.1) is 11.3 Å². The minimum atomic E-state index is -0.444. The highest BCUT2D eigenvalue weighted by Crippen LogP contribution is 2.32. The molecule has 1 aliphatic heterocycles. The summed E-state index contributed by atoms with van der Waals surface area (Å²) in [5, 5.41) is 14.7. The van der Waals surface area contributed by atoms with E-state index < -0.39 is 5.60 Å². The van der Waals surface area contributed by atoms with Gasteiger partial charge in [0.25, 0.3) is 0 Å². The summed E-state index contributed by atoms with van der Waals surface area (Å²) < 4.78 is 4.88. The van der Waals surface area contributed by atoms with Crippen LogP contribution in [0.15, 0.2) is 16.9 Å². The van der Waals surface area contributed by atoms with E-state index in [4.69, 9.17) is 4.52 Å². The van der Waals surface area contributed by atoms with Gasteiger partial charge in [-0.3, -0.25) is 9.80 Å². The summed E-state index contributed by atoms with van der Waals surface area (Å²) in [6.07, 6.45) is 5.90. The molecule has 0 unspecified atom stereocenters. The molecule has 0 aromatic carbocycles. The van der Waals surface area contributed by atoms with Crippen molar-refractivity contribution in [3.05, 3.63) is 18.0 Å². The fourth-order valence-corrected chi connectivity index (χ4v) is 3.53. The summed E-state index contributed by atoms with van der Waals surface area (Å²) in [5.41, 5.74) is 0.559. The number of aromatic nitrogens is 1. The summed E-state index contributed by atoms with van der Waals surface area (Å²) >= 11 is 0. The molecular weight excluding hydrogens is 266 g/mol. The molecule has 0 bridgehead atoms. The van der Waals surface area contributed by atoms with Crippen LogP contribution in [0.25, 0.3) is 0 Å². The lowest BCUT2D eigenvalue weighted by atomic mass is 9.79. The molecular formula is C16H27N3O2. The summed E-state index contributed by atoms with van der Waals surface area (Å²) in [6, 6.07) is 1.93. The van der Waals surface area contributed by atoms with Gasteiger partial charge >= 0.3 is 0 Å². The van der Waals surface area contributed by atoms with Crippen LogP contribution < -0.4 is 0 Å². The van der Waals surface area contributed by atoms with Crippen molar-refractivity contribution in [1.29, 1.82) is 0 Å². The number of aliphatic hydroxyl groups is 1. The van der Waals surface area contributed by atoms with E-state index in [2.05, 4.69) is 21.9 Å². The van der Waals surface area contributed by atoms with Crippen molar-refractivity contribution in [2.24, 2.45) is 5.92 Å². The van der Waals surface area contributed by atoms with E-state index in [0.29, 0.717) is 0 Å². The quantitative estimate of drug-likeness (QED) is 0.916. The number of piperazine rings is 1. The molecule has 3 rings (SSSR count). The summed E-state index contributed by atoms with van der Waals surface area (Å²) in [4.78, 5) is 4.83. The Morgan fingerprint density at radius 1 is 1.24 bits per heavy atom. The molecule has 0 atom stereocenters. The lowest BCUT2D eigenvalue weighted by Gasteiger charge is -2.41. The minimum absolute atomic E-state index is 0.444. The molecule has 5 nitrogen and oxygen atoms in total. The number of rotatable bonds is 4. The zero-order valence-corrected chi connectivity index (χ0v) is 13.0. The largest absolute Gasteiger partial charge is 0.389 e. The number of hydrogen-bond acceptors (Lipinski definition) is 5. The van der Waals surface area contributed by atoms with Crippen LogP contribution in [-0.2, 0) is 6.54 Å². The maximum absolute atomic E-state index is 10.7. The molecule has 2 aliphatic rings. The fraction of sp³-hybridized carbons (Fsp3) is 0.812. The van der Waals surface area contributed by atoms with Gasteiger partial charge in [-0.2, -0.15) is 0 Å². The second-order valence-corrected chi connectivity index (χ2v) is 6.95. The summed E-state index contributed by atoms with van der Waals surface area (Å²) in [7, 11) is 0. The predicted octanol–water partition coefficient (Wildman–Crippen LogP) is 1.73. The van der Waals surface area contributed by atoms with E-state index in [1.54, 1.807) is 6.26 Å². The van der Waals surface area contributed by atoms with E-state index in [1.165, 1.54) is 12.8 Å². The van der Waals surface area contributed by atoms with Gasteiger partial charge in [-0.15, -0.1) is 0 Å². The smallest absolute Gasteiger partial charge is 0.124 e. The Labute approximate surface area is 126 Å². The average Bonchev–Trinajstić information content (AvgIpc) is 2.98. The molecule has 2 heterocycles. The Hall–Kier alpha value is -0.910. The predicted molar refractivity (Wildman–Crippen MR) is 80.8 cm³/mol. The zero-order valence-electron chi connectivity index (χ0n) is 13.0. The van der Waals surface area contributed by atoms with Crippen molar-refractivity contribution < 1.29 is 9.63 Å². The van der Waals surface area contributed by atoms with Crippen molar-refractivity contribution in [3.63, 3.8) is 0 Å². The SMILES string of the molecule is CC1CCC(O)(CN2CCN(Cc3ccon3)CC2)CC1. The molecule has 0 amide bonds. The molecule has 0 radical (unpaired) electrons. The Kier molecular flexibility index (Phi) is 4.62. The first-order valence-corrected chi connectivity index (χ1v) is 8.19. The van der Waals surface area contributed by atoms with Crippen LogP contribution in [0.1, 0.15) is 38.3 Å². The standard InChI is InChI=1S/C16H27N3O2/c1-14-2-5-16(20,6-3-14)13-19-9-7-18(8-10-19)12-15-4-11-21-17-15/h4,11,14,20H,2-3,5-10,12-13H2,1H3. The monoisotopic (exact) mass is 293 g/mol. The van der Waals surface area contributed by atoms with Crippen LogP contribution in [0.4, 0.5) is 0 Å². The van der Waals surface area contributed by atoms with Crippen molar-refractivity contribution >= 4 is 0 Å². The third kappa shape index (κ3) is 4.05. The third-order valence-corrected chi connectivity index (χ3v) is 5.06. The van der Waals surface area contributed by atoms with E-state index in [0.717, 1.165) is 63.7 Å². The zero-order chi connectivity index (χ0) is 14.7. The molecule has 1 aromatic rings. The highest BCUT2D eigenvalue weighted by Gasteiger charge is 2.34. The molecule has 118 valence electrons. The van der Waals surface area contributed by atoms with Crippen LogP contribution in [0.5, 0.6) is 0 Å². The number of nitrogens with zero attached hydrogens (tertiary/aromatic N) is 3. The van der Waals surface area contributed by atoms with Crippen LogP contribution in [0.2, 0.25) is 0 Å². The lowest BCUT2D eigenvalue weighted by Crippen LogP contribution is -2.52. The molecule has 1 saturated heterocycles. The van der Waals surface area contributed by atoms with Gasteiger partial charge in [0.15, 0.2) is 0 Å². The lowest BCUT2D eigenvalue weighted by molar-refractivity contribution is -0.0438. The maximum Gasteiger partial charge on any atom is 0.124 e. The number of β-amino-alcohol motifs (C(OH)–C–C–N with tert-alkyl or cyclic N) is 1. The Balaban J connectivity index is 1.43. The second-order valence-electron chi connectivity index (χ2n) is 6.95. The molecule has 2 fully saturated rings. The summed E-state index contributed by atoms with van der Waals surface area (Å²) in [6.45, 7) is 8.16. The van der Waals surface area contributed by atoms with Crippen LogP contribution >= 0.6 is 0 Å². The van der Waals surface area contributed by atoms with E-state index in [9.17, 15) is 5.11 Å². The van der Waals surface area contributed by atoms with Gasteiger partial charge in [-0.05, 0) is 31.6 Å². The van der Waals surface area contributed by atoms with Crippen molar-refractivity contribution in [1.82, 2.24) is 15.0 Å².